The van der Waals surface area contributed by atoms with Crippen LogP contribution in [0, 0.1) is 5.82 Å². The summed E-state index contributed by atoms with van der Waals surface area (Å²) in [7, 11) is 1.59. The van der Waals surface area contributed by atoms with Crippen molar-refractivity contribution in [3.05, 3.63) is 75.8 Å². The lowest BCUT2D eigenvalue weighted by Gasteiger charge is -2.28. The number of aromatic amines is 1. The van der Waals surface area contributed by atoms with Gasteiger partial charge in [-0.05, 0) is 66.8 Å². The van der Waals surface area contributed by atoms with E-state index in [2.05, 4.69) is 24.1 Å². The van der Waals surface area contributed by atoms with Crippen LogP contribution in [0.25, 0.3) is 10.9 Å². The van der Waals surface area contributed by atoms with Crippen LogP contribution in [0.5, 0.6) is 5.75 Å². The van der Waals surface area contributed by atoms with Gasteiger partial charge in [0, 0.05) is 24.2 Å². The number of aromatic nitrogens is 1. The Hall–Kier alpha value is -2.93. The molecule has 0 aliphatic carbocycles. The van der Waals surface area contributed by atoms with Crippen LogP contribution in [0.1, 0.15) is 31.4 Å². The SMILES string of the molecule is CC[C@H](C)NC(=S)N(Cc1ccc(F)cc1)Cc1cc2ccc(OC)cc2[nH]c1=O. The Balaban J connectivity index is 1.90. The van der Waals surface area contributed by atoms with E-state index in [1.165, 1.54) is 12.1 Å². The summed E-state index contributed by atoms with van der Waals surface area (Å²) in [6, 6.07) is 13.9. The van der Waals surface area contributed by atoms with E-state index in [0.717, 1.165) is 17.4 Å². The number of nitrogens with zero attached hydrogens (tertiary/aromatic N) is 1. The van der Waals surface area contributed by atoms with Gasteiger partial charge in [0.15, 0.2) is 5.11 Å². The zero-order valence-electron chi connectivity index (χ0n) is 17.4. The molecule has 0 saturated heterocycles. The molecule has 2 aromatic carbocycles. The fraction of sp³-hybridized carbons (Fsp3) is 0.304. The minimum absolute atomic E-state index is 0.175. The van der Waals surface area contributed by atoms with Gasteiger partial charge < -0.3 is 19.9 Å². The first-order valence-electron chi connectivity index (χ1n) is 9.89. The van der Waals surface area contributed by atoms with Crippen LogP contribution >= 0.6 is 12.2 Å². The molecule has 7 heteroatoms. The number of fused-ring (bicyclic) bond motifs is 1. The lowest BCUT2D eigenvalue weighted by atomic mass is 10.1. The average molecular weight is 428 g/mol. The lowest BCUT2D eigenvalue weighted by molar-refractivity contribution is 0.390. The quantitative estimate of drug-likeness (QED) is 0.549. The zero-order valence-corrected chi connectivity index (χ0v) is 18.2. The van der Waals surface area contributed by atoms with E-state index in [1.807, 2.05) is 23.1 Å². The molecular formula is C23H26FN3O2S. The number of pyridine rings is 1. The Kier molecular flexibility index (Phi) is 7.05. The summed E-state index contributed by atoms with van der Waals surface area (Å²) >= 11 is 5.63. The Morgan fingerprint density at radius 3 is 2.60 bits per heavy atom. The molecule has 0 spiro atoms. The van der Waals surface area contributed by atoms with Crippen LogP contribution in [0.2, 0.25) is 0 Å². The molecule has 0 saturated carbocycles. The van der Waals surface area contributed by atoms with E-state index >= 15 is 0 Å². The summed E-state index contributed by atoms with van der Waals surface area (Å²) in [5, 5.41) is 4.78. The van der Waals surface area contributed by atoms with Crippen molar-refractivity contribution in [3.63, 3.8) is 0 Å². The highest BCUT2D eigenvalue weighted by Crippen LogP contribution is 2.19. The third-order valence-electron chi connectivity index (χ3n) is 5.05. The molecule has 0 fully saturated rings. The second kappa shape index (κ2) is 9.71. The minimum atomic E-state index is -0.285. The number of nitrogens with one attached hydrogen (secondary N) is 2. The van der Waals surface area contributed by atoms with Crippen LogP contribution < -0.4 is 15.6 Å². The van der Waals surface area contributed by atoms with Crippen LogP contribution in [0.15, 0.2) is 53.3 Å². The van der Waals surface area contributed by atoms with Gasteiger partial charge in [-0.3, -0.25) is 4.79 Å². The van der Waals surface area contributed by atoms with E-state index in [0.29, 0.717) is 35.0 Å². The lowest BCUT2D eigenvalue weighted by Crippen LogP contribution is -2.43. The molecule has 158 valence electrons. The van der Waals surface area contributed by atoms with Crippen molar-refractivity contribution in [1.29, 1.82) is 0 Å². The van der Waals surface area contributed by atoms with Gasteiger partial charge in [0.25, 0.3) is 5.56 Å². The normalized spacial score (nSPS) is 11.9. The molecule has 3 aromatic rings. The van der Waals surface area contributed by atoms with Gasteiger partial charge in [-0.15, -0.1) is 0 Å². The third kappa shape index (κ3) is 5.36. The molecule has 0 aliphatic heterocycles. The van der Waals surface area contributed by atoms with Crippen molar-refractivity contribution in [2.75, 3.05) is 7.11 Å². The standard InChI is InChI=1S/C23H26FN3O2S/c1-4-15(2)25-23(30)27(13-16-5-8-19(24)9-6-16)14-18-11-17-7-10-20(29-3)12-21(17)26-22(18)28/h5-12,15H,4,13-14H2,1-3H3,(H,25,30)(H,26,28)/t15-/m0/s1. The van der Waals surface area contributed by atoms with E-state index in [-0.39, 0.29) is 17.4 Å². The van der Waals surface area contributed by atoms with Crippen molar-refractivity contribution >= 4 is 28.2 Å². The summed E-state index contributed by atoms with van der Waals surface area (Å²) < 4.78 is 18.5. The maximum Gasteiger partial charge on any atom is 0.253 e. The van der Waals surface area contributed by atoms with Crippen LogP contribution in [0.4, 0.5) is 4.39 Å². The van der Waals surface area contributed by atoms with Gasteiger partial charge in [0.1, 0.15) is 11.6 Å². The number of ether oxygens (including phenoxy) is 1. The van der Waals surface area contributed by atoms with E-state index in [9.17, 15) is 9.18 Å². The first-order valence-corrected chi connectivity index (χ1v) is 10.3. The molecule has 1 heterocycles. The molecule has 0 amide bonds. The number of H-pyrrole nitrogens is 1. The highest BCUT2D eigenvalue weighted by atomic mass is 32.1. The first-order chi connectivity index (χ1) is 14.4. The number of halogens is 1. The Labute approximate surface area is 180 Å². The average Bonchev–Trinajstić information content (AvgIpc) is 2.74. The van der Waals surface area contributed by atoms with Gasteiger partial charge in [-0.1, -0.05) is 19.1 Å². The minimum Gasteiger partial charge on any atom is -0.497 e. The summed E-state index contributed by atoms with van der Waals surface area (Å²) in [4.78, 5) is 17.6. The number of methoxy groups -OCH3 is 1. The second-order valence-electron chi connectivity index (χ2n) is 7.32. The van der Waals surface area contributed by atoms with Crippen molar-refractivity contribution < 1.29 is 9.13 Å². The van der Waals surface area contributed by atoms with Crippen molar-refractivity contribution in [2.24, 2.45) is 0 Å². The molecule has 0 aliphatic rings. The third-order valence-corrected chi connectivity index (χ3v) is 5.42. The van der Waals surface area contributed by atoms with Crippen molar-refractivity contribution in [1.82, 2.24) is 15.2 Å². The molecule has 0 radical (unpaired) electrons. The second-order valence-corrected chi connectivity index (χ2v) is 7.70. The van der Waals surface area contributed by atoms with E-state index < -0.39 is 0 Å². The van der Waals surface area contributed by atoms with E-state index in [1.54, 1.807) is 25.3 Å². The molecule has 0 bridgehead atoms. The summed E-state index contributed by atoms with van der Waals surface area (Å²) in [5.74, 6) is 0.398. The molecule has 0 unspecified atom stereocenters. The Bertz CT molecular complexity index is 1080. The number of benzene rings is 2. The molecule has 5 nitrogen and oxygen atoms in total. The Morgan fingerprint density at radius 1 is 1.20 bits per heavy atom. The number of thiocarbonyl (C=S) groups is 1. The van der Waals surface area contributed by atoms with Gasteiger partial charge in [-0.2, -0.15) is 0 Å². The number of hydrogen-bond donors (Lipinski definition) is 2. The molecule has 1 atom stereocenters. The number of hydrogen-bond acceptors (Lipinski definition) is 3. The van der Waals surface area contributed by atoms with Gasteiger partial charge in [-0.25, -0.2) is 4.39 Å². The fourth-order valence-corrected chi connectivity index (χ4v) is 3.42. The zero-order chi connectivity index (χ0) is 21.7. The van der Waals surface area contributed by atoms with Crippen LogP contribution in [-0.4, -0.2) is 28.1 Å². The molecular weight excluding hydrogens is 401 g/mol. The van der Waals surface area contributed by atoms with Crippen molar-refractivity contribution in [2.45, 2.75) is 39.4 Å². The predicted octanol–water partition coefficient (Wildman–Crippen LogP) is 4.35. The predicted molar refractivity (Wildman–Crippen MR) is 122 cm³/mol. The first kappa shape index (κ1) is 21.8. The Morgan fingerprint density at radius 2 is 1.93 bits per heavy atom. The maximum absolute atomic E-state index is 13.3. The topological polar surface area (TPSA) is 57.4 Å². The summed E-state index contributed by atoms with van der Waals surface area (Å²) in [6.07, 6.45) is 0.920. The largest absolute Gasteiger partial charge is 0.497 e. The summed E-state index contributed by atoms with van der Waals surface area (Å²) in [5.41, 5.74) is 2.05. The molecule has 30 heavy (non-hydrogen) atoms. The van der Waals surface area contributed by atoms with Gasteiger partial charge in [0.2, 0.25) is 0 Å². The smallest absolute Gasteiger partial charge is 0.253 e. The molecule has 2 N–H and O–H groups in total. The highest BCUT2D eigenvalue weighted by Gasteiger charge is 2.15. The van der Waals surface area contributed by atoms with Crippen LogP contribution in [0.3, 0.4) is 0 Å². The maximum atomic E-state index is 13.3. The van der Waals surface area contributed by atoms with Gasteiger partial charge in [0.05, 0.1) is 19.2 Å². The van der Waals surface area contributed by atoms with Crippen LogP contribution in [-0.2, 0) is 13.1 Å². The monoisotopic (exact) mass is 427 g/mol. The number of rotatable bonds is 7. The highest BCUT2D eigenvalue weighted by molar-refractivity contribution is 7.80. The molecule has 1 aromatic heterocycles. The van der Waals surface area contributed by atoms with Crippen molar-refractivity contribution in [3.8, 4) is 5.75 Å². The molecule has 3 rings (SSSR count). The van der Waals surface area contributed by atoms with Gasteiger partial charge >= 0.3 is 0 Å². The van der Waals surface area contributed by atoms with E-state index in [4.69, 9.17) is 17.0 Å². The summed E-state index contributed by atoms with van der Waals surface area (Å²) in [6.45, 7) is 4.92. The fourth-order valence-electron chi connectivity index (χ4n) is 3.09.